The van der Waals surface area contributed by atoms with E-state index in [1.165, 1.54) is 0 Å². The van der Waals surface area contributed by atoms with Crippen LogP contribution in [0.4, 0.5) is 23.1 Å². The summed E-state index contributed by atoms with van der Waals surface area (Å²) in [7, 11) is 4.65. The summed E-state index contributed by atoms with van der Waals surface area (Å²) in [5, 5.41) is 5.71. The second kappa shape index (κ2) is 8.76. The van der Waals surface area contributed by atoms with Gasteiger partial charge >= 0.3 is 0 Å². The minimum atomic E-state index is 0.300. The molecule has 1 heterocycles. The maximum atomic E-state index is 10.7. The second-order valence-electron chi connectivity index (χ2n) is 6.78. The maximum absolute atomic E-state index is 10.7. The van der Waals surface area contributed by atoms with E-state index in [0.29, 0.717) is 57.8 Å². The lowest BCUT2D eigenvalue weighted by Crippen LogP contribution is -1.98. The van der Waals surface area contributed by atoms with Crippen molar-refractivity contribution in [3.05, 3.63) is 48.5 Å². The molecule has 9 heteroatoms. The molecule has 0 aliphatic heterocycles. The first-order valence-corrected chi connectivity index (χ1v) is 9.64. The summed E-state index contributed by atoms with van der Waals surface area (Å²) >= 11 is 0. The van der Waals surface area contributed by atoms with Crippen molar-refractivity contribution in [1.29, 1.82) is 0 Å². The van der Waals surface area contributed by atoms with Gasteiger partial charge in [-0.05, 0) is 23.8 Å². The predicted molar refractivity (Wildman–Crippen MR) is 123 cm³/mol. The van der Waals surface area contributed by atoms with Crippen LogP contribution in [-0.4, -0.2) is 32.7 Å². The largest absolute Gasteiger partial charge is 0.493 e. The number of hydrogen-bond donors (Lipinski definition) is 3. The number of nitrogens with one attached hydrogen (secondary N) is 2. The molecule has 0 spiro atoms. The number of nitrogens with two attached hydrogens (primary N) is 1. The van der Waals surface area contributed by atoms with Gasteiger partial charge in [-0.3, -0.25) is 4.79 Å². The molecule has 4 N–H and O–H groups in total. The number of carbonyl (C=O) groups excluding carboxylic acids is 1. The number of anilines is 4. The van der Waals surface area contributed by atoms with Gasteiger partial charge in [0.2, 0.25) is 12.2 Å². The summed E-state index contributed by atoms with van der Waals surface area (Å²) in [4.78, 5) is 15.2. The molecule has 0 unspecified atom stereocenters. The van der Waals surface area contributed by atoms with Crippen molar-refractivity contribution in [1.82, 2.24) is 4.98 Å². The Morgan fingerprint density at radius 3 is 2.38 bits per heavy atom. The van der Waals surface area contributed by atoms with Gasteiger partial charge in [0, 0.05) is 23.4 Å². The monoisotopic (exact) mass is 434 g/mol. The van der Waals surface area contributed by atoms with E-state index in [-0.39, 0.29) is 0 Å². The van der Waals surface area contributed by atoms with Gasteiger partial charge in [0.15, 0.2) is 17.1 Å². The second-order valence-corrected chi connectivity index (χ2v) is 6.78. The van der Waals surface area contributed by atoms with Gasteiger partial charge in [-0.25, -0.2) is 0 Å². The number of para-hydroxylation sites is 1. The maximum Gasteiger partial charge on any atom is 0.300 e. The summed E-state index contributed by atoms with van der Waals surface area (Å²) in [5.41, 5.74) is 10.6. The highest BCUT2D eigenvalue weighted by atomic mass is 16.5. The lowest BCUT2D eigenvalue weighted by atomic mass is 10.0. The molecule has 1 aromatic heterocycles. The highest BCUT2D eigenvalue weighted by Gasteiger charge is 2.16. The molecule has 4 rings (SSSR count). The highest BCUT2D eigenvalue weighted by molar-refractivity contribution is 5.93. The number of hydrogen-bond acceptors (Lipinski definition) is 8. The molecule has 3 aromatic carbocycles. The molecule has 9 nitrogen and oxygen atoms in total. The predicted octanol–water partition coefficient (Wildman–Crippen LogP) is 4.41. The summed E-state index contributed by atoms with van der Waals surface area (Å²) in [6.45, 7) is 0. The Hall–Kier alpha value is -4.40. The number of rotatable bonds is 8. The van der Waals surface area contributed by atoms with Crippen molar-refractivity contribution < 1.29 is 23.4 Å². The Balaban J connectivity index is 1.72. The van der Waals surface area contributed by atoms with Crippen molar-refractivity contribution in [2.45, 2.75) is 0 Å². The molecule has 1 amide bonds. The number of carbonyl (C=O) groups is 1. The average molecular weight is 434 g/mol. The van der Waals surface area contributed by atoms with Crippen molar-refractivity contribution in [2.24, 2.45) is 0 Å². The molecule has 32 heavy (non-hydrogen) atoms. The lowest BCUT2D eigenvalue weighted by molar-refractivity contribution is -0.105. The van der Waals surface area contributed by atoms with Crippen LogP contribution in [0.2, 0.25) is 0 Å². The van der Waals surface area contributed by atoms with Crippen LogP contribution in [0.1, 0.15) is 0 Å². The van der Waals surface area contributed by atoms with Gasteiger partial charge in [-0.1, -0.05) is 18.2 Å². The average Bonchev–Trinajstić information content (AvgIpc) is 3.22. The first-order valence-electron chi connectivity index (χ1n) is 9.64. The van der Waals surface area contributed by atoms with Gasteiger partial charge in [0.25, 0.3) is 6.01 Å². The zero-order valence-electron chi connectivity index (χ0n) is 17.8. The topological polar surface area (TPSA) is 121 Å². The van der Waals surface area contributed by atoms with Gasteiger partial charge in [-0.2, -0.15) is 4.98 Å². The fourth-order valence-electron chi connectivity index (χ4n) is 3.43. The number of methoxy groups -OCH3 is 3. The van der Waals surface area contributed by atoms with Crippen LogP contribution in [0, 0.1) is 0 Å². The van der Waals surface area contributed by atoms with Crippen LogP contribution in [0.3, 0.4) is 0 Å². The molecular formula is C23H22N4O5. The molecule has 0 aliphatic rings. The van der Waals surface area contributed by atoms with Crippen LogP contribution in [0.15, 0.2) is 52.9 Å². The van der Waals surface area contributed by atoms with E-state index in [1.54, 1.807) is 45.6 Å². The Kier molecular flexibility index (Phi) is 5.71. The molecule has 0 saturated heterocycles. The number of fused-ring (bicyclic) bond motifs is 1. The van der Waals surface area contributed by atoms with Crippen molar-refractivity contribution >= 4 is 40.6 Å². The van der Waals surface area contributed by atoms with Crippen LogP contribution >= 0.6 is 0 Å². The van der Waals surface area contributed by atoms with Gasteiger partial charge in [-0.15, -0.1) is 0 Å². The number of nitrogen functional groups attached to an aromatic ring is 1. The molecular weight excluding hydrogens is 412 g/mol. The minimum Gasteiger partial charge on any atom is -0.493 e. The first-order chi connectivity index (χ1) is 15.6. The SMILES string of the molecule is COc1cc(Nc2nc3cccc(-c4ccc(NC=O)c(N)c4)c3o2)cc(OC)c1OC. The van der Waals surface area contributed by atoms with Crippen molar-refractivity contribution in [3.63, 3.8) is 0 Å². The van der Waals surface area contributed by atoms with E-state index in [0.717, 1.165) is 11.1 Å². The molecule has 0 atom stereocenters. The van der Waals surface area contributed by atoms with Crippen LogP contribution in [-0.2, 0) is 4.79 Å². The number of amides is 1. The van der Waals surface area contributed by atoms with E-state index in [2.05, 4.69) is 15.6 Å². The molecule has 0 bridgehead atoms. The van der Waals surface area contributed by atoms with Gasteiger partial charge in [0.05, 0.1) is 32.7 Å². The summed E-state index contributed by atoms with van der Waals surface area (Å²) in [6.07, 6.45) is 0.587. The lowest BCUT2D eigenvalue weighted by Gasteiger charge is -2.14. The van der Waals surface area contributed by atoms with Gasteiger partial charge < -0.3 is 35.0 Å². The van der Waals surface area contributed by atoms with Gasteiger partial charge in [0.1, 0.15) is 5.52 Å². The molecule has 0 radical (unpaired) electrons. The Labute approximate surface area is 184 Å². The molecule has 0 aliphatic carbocycles. The minimum absolute atomic E-state index is 0.300. The van der Waals surface area contributed by atoms with E-state index >= 15 is 0 Å². The summed E-state index contributed by atoms with van der Waals surface area (Å²) < 4.78 is 22.2. The molecule has 0 fully saturated rings. The van der Waals surface area contributed by atoms with Crippen LogP contribution in [0.5, 0.6) is 17.2 Å². The number of aromatic nitrogens is 1. The van der Waals surface area contributed by atoms with E-state index in [1.807, 2.05) is 24.3 Å². The molecule has 0 saturated carbocycles. The Bertz CT molecular complexity index is 1260. The molecule has 4 aromatic rings. The number of nitrogens with zero attached hydrogens (tertiary/aromatic N) is 1. The molecule has 164 valence electrons. The van der Waals surface area contributed by atoms with E-state index in [9.17, 15) is 4.79 Å². The van der Waals surface area contributed by atoms with E-state index < -0.39 is 0 Å². The van der Waals surface area contributed by atoms with Crippen molar-refractivity contribution in [3.8, 4) is 28.4 Å². The zero-order chi connectivity index (χ0) is 22.7. The van der Waals surface area contributed by atoms with Crippen molar-refractivity contribution in [2.75, 3.05) is 37.7 Å². The summed E-state index contributed by atoms with van der Waals surface area (Å²) in [5.74, 6) is 1.50. The fourth-order valence-corrected chi connectivity index (χ4v) is 3.43. The normalized spacial score (nSPS) is 10.6. The zero-order valence-corrected chi connectivity index (χ0v) is 17.8. The number of benzene rings is 3. The Morgan fingerprint density at radius 1 is 1.00 bits per heavy atom. The smallest absolute Gasteiger partial charge is 0.300 e. The third kappa shape index (κ3) is 3.83. The van der Waals surface area contributed by atoms with E-state index in [4.69, 9.17) is 24.4 Å². The first kappa shape index (κ1) is 20.9. The third-order valence-electron chi connectivity index (χ3n) is 4.91. The Morgan fingerprint density at radius 2 is 1.75 bits per heavy atom. The third-order valence-corrected chi connectivity index (χ3v) is 4.91. The van der Waals surface area contributed by atoms with Crippen LogP contribution < -0.4 is 30.6 Å². The standard InChI is InChI=1S/C23H22N4O5/c1-29-19-10-14(11-20(30-2)22(19)31-3)26-23-27-18-6-4-5-15(21(18)32-23)13-7-8-17(25-12-28)16(24)9-13/h4-12H,24H2,1-3H3,(H,25,28)(H,26,27). The quantitative estimate of drug-likeness (QED) is 0.275. The van der Waals surface area contributed by atoms with Crippen LogP contribution in [0.25, 0.3) is 22.2 Å². The number of ether oxygens (including phenoxy) is 3. The highest BCUT2D eigenvalue weighted by Crippen LogP contribution is 2.41. The summed E-state index contributed by atoms with van der Waals surface area (Å²) in [6, 6.07) is 14.8. The number of oxazole rings is 1. The fraction of sp³-hybridized carbons (Fsp3) is 0.130.